The summed E-state index contributed by atoms with van der Waals surface area (Å²) in [6, 6.07) is 11.2. The van der Waals surface area contributed by atoms with Crippen molar-refractivity contribution < 1.29 is 8.78 Å². The third kappa shape index (κ3) is 2.44. The van der Waals surface area contributed by atoms with Crippen molar-refractivity contribution in [2.45, 2.75) is 6.92 Å². The van der Waals surface area contributed by atoms with Crippen LogP contribution in [-0.4, -0.2) is 15.0 Å². The molecule has 0 saturated heterocycles. The Morgan fingerprint density at radius 1 is 1.04 bits per heavy atom. The van der Waals surface area contributed by atoms with Crippen LogP contribution in [0.5, 0.6) is 0 Å². The average molecular weight is 377 g/mol. The van der Waals surface area contributed by atoms with Crippen molar-refractivity contribution in [3.63, 3.8) is 0 Å². The zero-order valence-corrected chi connectivity index (χ0v) is 15.1. The van der Waals surface area contributed by atoms with E-state index < -0.39 is 11.6 Å². The van der Waals surface area contributed by atoms with Gasteiger partial charge in [0.15, 0.2) is 5.82 Å². The zero-order valence-electron chi connectivity index (χ0n) is 14.3. The largest absolute Gasteiger partial charge is 0.358 e. The van der Waals surface area contributed by atoms with Crippen LogP contribution < -0.4 is 0 Å². The lowest BCUT2D eigenvalue weighted by molar-refractivity contribution is 0.576. The van der Waals surface area contributed by atoms with Gasteiger partial charge in [0.2, 0.25) is 0 Å². The van der Waals surface area contributed by atoms with Crippen molar-refractivity contribution in [2.75, 3.05) is 0 Å². The third-order valence-corrected chi connectivity index (χ3v) is 5.61. The lowest BCUT2D eigenvalue weighted by Crippen LogP contribution is -1.91. The Morgan fingerprint density at radius 2 is 1.93 bits per heavy atom. The summed E-state index contributed by atoms with van der Waals surface area (Å²) in [5, 5.41) is 1.50. The number of aromatic amines is 1. The molecule has 0 unspecified atom stereocenters. The maximum absolute atomic E-state index is 14.4. The SMILES string of the molecule is Cc1c(F)cc2c(-c3ccc4c(-c5cncs5)cccc4n3)c[nH]c2c1F. The Kier molecular flexibility index (Phi) is 3.55. The molecule has 0 aliphatic heterocycles. The van der Waals surface area contributed by atoms with Crippen LogP contribution in [0.2, 0.25) is 0 Å². The monoisotopic (exact) mass is 377 g/mol. The van der Waals surface area contributed by atoms with Crippen molar-refractivity contribution in [3.05, 3.63) is 71.5 Å². The second-order valence-electron chi connectivity index (χ2n) is 6.36. The Labute approximate surface area is 157 Å². The molecule has 0 aliphatic carbocycles. The van der Waals surface area contributed by atoms with E-state index in [1.165, 1.54) is 13.0 Å². The predicted molar refractivity (Wildman–Crippen MR) is 105 cm³/mol. The van der Waals surface area contributed by atoms with Crippen LogP contribution in [0, 0.1) is 18.6 Å². The fraction of sp³-hybridized carbons (Fsp3) is 0.0476. The summed E-state index contributed by atoms with van der Waals surface area (Å²) >= 11 is 1.57. The van der Waals surface area contributed by atoms with Gasteiger partial charge < -0.3 is 4.98 Å². The Bertz CT molecular complexity index is 1310. The van der Waals surface area contributed by atoms with E-state index in [9.17, 15) is 8.78 Å². The number of nitrogens with zero attached hydrogens (tertiary/aromatic N) is 2. The number of fused-ring (bicyclic) bond motifs is 2. The van der Waals surface area contributed by atoms with Gasteiger partial charge in [0.25, 0.3) is 0 Å². The number of pyridine rings is 1. The molecule has 27 heavy (non-hydrogen) atoms. The number of thiazole rings is 1. The summed E-state index contributed by atoms with van der Waals surface area (Å²) in [4.78, 5) is 12.9. The second-order valence-corrected chi connectivity index (χ2v) is 7.24. The normalized spacial score (nSPS) is 11.5. The van der Waals surface area contributed by atoms with Gasteiger partial charge in [-0.2, -0.15) is 0 Å². The first-order chi connectivity index (χ1) is 13.1. The number of hydrogen-bond donors (Lipinski definition) is 1. The van der Waals surface area contributed by atoms with E-state index in [0.717, 1.165) is 21.3 Å². The van der Waals surface area contributed by atoms with E-state index in [1.54, 1.807) is 23.0 Å². The number of nitrogens with one attached hydrogen (secondary N) is 1. The van der Waals surface area contributed by atoms with Crippen LogP contribution in [0.4, 0.5) is 8.78 Å². The quantitative estimate of drug-likeness (QED) is 0.404. The first kappa shape index (κ1) is 16.1. The van der Waals surface area contributed by atoms with Gasteiger partial charge in [-0.3, -0.25) is 4.98 Å². The molecule has 0 atom stereocenters. The summed E-state index contributed by atoms with van der Waals surface area (Å²) in [6.07, 6.45) is 3.51. The topological polar surface area (TPSA) is 41.6 Å². The number of aromatic nitrogens is 3. The maximum atomic E-state index is 14.4. The highest BCUT2D eigenvalue weighted by atomic mass is 32.1. The van der Waals surface area contributed by atoms with Crippen LogP contribution in [0.15, 0.2) is 54.3 Å². The fourth-order valence-corrected chi connectivity index (χ4v) is 4.04. The van der Waals surface area contributed by atoms with Crippen LogP contribution in [-0.2, 0) is 0 Å². The number of halogens is 2. The summed E-state index contributed by atoms with van der Waals surface area (Å²) < 4.78 is 28.4. The molecular formula is C21H13F2N3S. The fourth-order valence-electron chi connectivity index (χ4n) is 3.37. The molecule has 0 fully saturated rings. The standard InChI is InChI=1S/C21H13F2N3S/c1-11-16(22)7-14-15(8-25-21(14)20(11)23)18-6-5-12-13(19-9-24-10-27-19)3-2-4-17(12)26-18/h2-10,25H,1H3. The highest BCUT2D eigenvalue weighted by Crippen LogP contribution is 2.35. The highest BCUT2D eigenvalue weighted by Gasteiger charge is 2.16. The second kappa shape index (κ2) is 5.96. The van der Waals surface area contributed by atoms with Gasteiger partial charge in [-0.15, -0.1) is 11.3 Å². The van der Waals surface area contributed by atoms with Gasteiger partial charge in [-0.1, -0.05) is 12.1 Å². The van der Waals surface area contributed by atoms with E-state index in [1.807, 2.05) is 36.5 Å². The van der Waals surface area contributed by atoms with Crippen molar-refractivity contribution in [1.82, 2.24) is 15.0 Å². The van der Waals surface area contributed by atoms with Crippen molar-refractivity contribution in [3.8, 4) is 21.7 Å². The molecular weight excluding hydrogens is 364 g/mol. The summed E-state index contributed by atoms with van der Waals surface area (Å²) in [5.41, 5.74) is 5.33. The predicted octanol–water partition coefficient (Wildman–Crippen LogP) is 6.09. The van der Waals surface area contributed by atoms with Crippen LogP contribution >= 0.6 is 11.3 Å². The molecule has 3 heterocycles. The molecule has 0 bridgehead atoms. The van der Waals surface area contributed by atoms with Gasteiger partial charge in [0, 0.05) is 39.9 Å². The van der Waals surface area contributed by atoms with Crippen LogP contribution in [0.1, 0.15) is 5.56 Å². The van der Waals surface area contributed by atoms with Crippen LogP contribution in [0.3, 0.4) is 0 Å². The molecule has 3 aromatic heterocycles. The van der Waals surface area contributed by atoms with Gasteiger partial charge >= 0.3 is 0 Å². The first-order valence-corrected chi connectivity index (χ1v) is 9.26. The van der Waals surface area contributed by atoms with Gasteiger partial charge in [-0.25, -0.2) is 13.8 Å². The number of H-pyrrole nitrogens is 1. The van der Waals surface area contributed by atoms with Crippen molar-refractivity contribution in [1.29, 1.82) is 0 Å². The molecule has 1 N–H and O–H groups in total. The van der Waals surface area contributed by atoms with E-state index in [-0.39, 0.29) is 5.56 Å². The molecule has 0 amide bonds. The minimum absolute atomic E-state index is 0.0107. The number of hydrogen-bond acceptors (Lipinski definition) is 3. The molecule has 3 nitrogen and oxygen atoms in total. The Balaban J connectivity index is 1.72. The van der Waals surface area contributed by atoms with Gasteiger partial charge in [0.1, 0.15) is 5.82 Å². The number of rotatable bonds is 2. The maximum Gasteiger partial charge on any atom is 0.153 e. The minimum atomic E-state index is -0.565. The molecule has 0 aliphatic rings. The molecule has 0 spiro atoms. The van der Waals surface area contributed by atoms with E-state index in [2.05, 4.69) is 9.97 Å². The summed E-state index contributed by atoms with van der Waals surface area (Å²) in [7, 11) is 0. The molecule has 5 rings (SSSR count). The lowest BCUT2D eigenvalue weighted by atomic mass is 10.0. The highest BCUT2D eigenvalue weighted by molar-refractivity contribution is 7.13. The van der Waals surface area contributed by atoms with E-state index >= 15 is 0 Å². The Morgan fingerprint density at radius 3 is 2.74 bits per heavy atom. The Hall–Kier alpha value is -3.12. The molecule has 0 radical (unpaired) electrons. The lowest BCUT2D eigenvalue weighted by Gasteiger charge is -2.07. The van der Waals surface area contributed by atoms with Crippen molar-refractivity contribution in [2.24, 2.45) is 0 Å². The summed E-state index contributed by atoms with van der Waals surface area (Å²) in [6.45, 7) is 1.43. The van der Waals surface area contributed by atoms with Crippen LogP contribution in [0.25, 0.3) is 43.5 Å². The third-order valence-electron chi connectivity index (χ3n) is 4.80. The van der Waals surface area contributed by atoms with E-state index in [4.69, 9.17) is 4.98 Å². The molecule has 6 heteroatoms. The molecule has 132 valence electrons. The smallest absolute Gasteiger partial charge is 0.153 e. The zero-order chi connectivity index (χ0) is 18.5. The van der Waals surface area contributed by atoms with Crippen molar-refractivity contribution >= 4 is 33.1 Å². The summed E-state index contributed by atoms with van der Waals surface area (Å²) in [5.74, 6) is -1.13. The molecule has 0 saturated carbocycles. The van der Waals surface area contributed by atoms with Gasteiger partial charge in [-0.05, 0) is 31.2 Å². The minimum Gasteiger partial charge on any atom is -0.358 e. The molecule has 5 aromatic rings. The van der Waals surface area contributed by atoms with E-state index in [0.29, 0.717) is 22.2 Å². The first-order valence-electron chi connectivity index (χ1n) is 8.38. The van der Waals surface area contributed by atoms with Gasteiger partial charge in [0.05, 0.1) is 27.1 Å². The number of benzene rings is 2. The average Bonchev–Trinajstić information content (AvgIpc) is 3.35. The molecule has 2 aromatic carbocycles.